The van der Waals surface area contributed by atoms with Crippen molar-refractivity contribution in [2.45, 2.75) is 31.2 Å². The minimum absolute atomic E-state index is 0.0520. The van der Waals surface area contributed by atoms with E-state index < -0.39 is 34.4 Å². The van der Waals surface area contributed by atoms with Crippen molar-refractivity contribution >= 4 is 34.6 Å². The number of benzene rings is 2. The summed E-state index contributed by atoms with van der Waals surface area (Å²) in [5.74, 6) is -2.82. The van der Waals surface area contributed by atoms with Crippen molar-refractivity contribution in [2.75, 3.05) is 6.61 Å². The molecule has 180 valence electrons. The highest BCUT2D eigenvalue weighted by Gasteiger charge is 2.49. The Hall–Kier alpha value is -3.51. The molecule has 34 heavy (non-hydrogen) atoms. The zero-order valence-corrected chi connectivity index (χ0v) is 19.2. The van der Waals surface area contributed by atoms with Crippen molar-refractivity contribution in [1.82, 2.24) is 10.3 Å². The molecule has 0 saturated heterocycles. The summed E-state index contributed by atoms with van der Waals surface area (Å²) in [5.41, 5.74) is 6.03. The first-order valence-corrected chi connectivity index (χ1v) is 11.0. The van der Waals surface area contributed by atoms with Crippen molar-refractivity contribution in [1.29, 1.82) is 0 Å². The van der Waals surface area contributed by atoms with Crippen LogP contribution in [-0.2, 0) is 19.3 Å². The van der Waals surface area contributed by atoms with Crippen LogP contribution in [0.4, 0.5) is 8.78 Å². The number of nitrogens with one attached hydrogen (secondary N) is 1. The van der Waals surface area contributed by atoms with Crippen LogP contribution in [-0.4, -0.2) is 45.6 Å². The number of oxime groups is 1. The monoisotopic (exact) mass is 491 g/mol. The maximum atomic E-state index is 14.6. The summed E-state index contributed by atoms with van der Waals surface area (Å²) in [6.45, 7) is 2.44. The molecule has 0 bridgehead atoms. The van der Waals surface area contributed by atoms with E-state index in [2.05, 4.69) is 15.6 Å². The van der Waals surface area contributed by atoms with Gasteiger partial charge in [-0.05, 0) is 35.8 Å². The smallest absolute Gasteiger partial charge is 0.272 e. The average molecular weight is 492 g/mol. The van der Waals surface area contributed by atoms with Gasteiger partial charge in [-0.3, -0.25) is 14.9 Å². The molecule has 0 fully saturated rings. The fourth-order valence-electron chi connectivity index (χ4n) is 3.25. The first-order chi connectivity index (χ1) is 16.1. The van der Waals surface area contributed by atoms with E-state index in [0.29, 0.717) is 5.56 Å². The maximum Gasteiger partial charge on any atom is 0.272 e. The maximum absolute atomic E-state index is 14.6. The Morgan fingerprint density at radius 3 is 2.65 bits per heavy atom. The summed E-state index contributed by atoms with van der Waals surface area (Å²) >= 11 is 1.02. The number of thioether (sulfide) groups is 1. The number of nitrogens with two attached hydrogens (primary N) is 1. The molecule has 0 spiro atoms. The van der Waals surface area contributed by atoms with Gasteiger partial charge in [0.15, 0.2) is 0 Å². The standard InChI is InChI=1S/C22H23F2N5O4S/c1-13(30)20(32)29-22(15-6-4-3-5-7-15,10-11-33-28-21(25)26-14(2)31)34-19(27-29)17-12-16(23)8-9-18(17)24/h3-9,12-13,30H,10-11H2,1-2H3,(H3,25,26,28,31). The lowest BCUT2D eigenvalue weighted by Crippen LogP contribution is -2.46. The molecular formula is C22H23F2N5O4S. The summed E-state index contributed by atoms with van der Waals surface area (Å²) in [5, 5.41) is 21.3. The number of carbonyl (C=O) groups excluding carboxylic acids is 2. The number of hydrazone groups is 1. The van der Waals surface area contributed by atoms with Gasteiger partial charge in [0.1, 0.15) is 34.3 Å². The second kappa shape index (κ2) is 10.6. The number of rotatable bonds is 7. The van der Waals surface area contributed by atoms with E-state index in [0.717, 1.165) is 35.0 Å². The van der Waals surface area contributed by atoms with Gasteiger partial charge in [-0.25, -0.2) is 13.8 Å². The average Bonchev–Trinajstić information content (AvgIpc) is 3.18. The number of guanidine groups is 1. The molecule has 4 N–H and O–H groups in total. The van der Waals surface area contributed by atoms with E-state index in [1.54, 1.807) is 30.3 Å². The highest BCUT2D eigenvalue weighted by atomic mass is 32.2. The van der Waals surface area contributed by atoms with Crippen LogP contribution in [0.1, 0.15) is 31.4 Å². The van der Waals surface area contributed by atoms with Crippen LogP contribution in [0.3, 0.4) is 0 Å². The topological polar surface area (TPSA) is 130 Å². The molecule has 0 aromatic heterocycles. The van der Waals surface area contributed by atoms with Crippen LogP contribution >= 0.6 is 11.8 Å². The molecule has 0 saturated carbocycles. The van der Waals surface area contributed by atoms with Crippen LogP contribution in [0, 0.1) is 11.6 Å². The zero-order chi connectivity index (χ0) is 24.9. The van der Waals surface area contributed by atoms with Crippen LogP contribution in [0.5, 0.6) is 0 Å². The van der Waals surface area contributed by atoms with Gasteiger partial charge in [0.2, 0.25) is 11.9 Å². The number of amides is 2. The summed E-state index contributed by atoms with van der Waals surface area (Å²) < 4.78 is 28.4. The van der Waals surface area contributed by atoms with Crippen LogP contribution < -0.4 is 11.1 Å². The molecule has 1 heterocycles. The lowest BCUT2D eigenvalue weighted by atomic mass is 10.0. The summed E-state index contributed by atoms with van der Waals surface area (Å²) in [6.07, 6.45) is -1.35. The predicted molar refractivity (Wildman–Crippen MR) is 123 cm³/mol. The van der Waals surface area contributed by atoms with E-state index in [9.17, 15) is 23.5 Å². The summed E-state index contributed by atoms with van der Waals surface area (Å²) in [6, 6.07) is 11.7. The van der Waals surface area contributed by atoms with Crippen molar-refractivity contribution < 1.29 is 28.3 Å². The lowest BCUT2D eigenvalue weighted by molar-refractivity contribution is -0.143. The number of carbonyl (C=O) groups is 2. The molecule has 9 nitrogen and oxygen atoms in total. The van der Waals surface area contributed by atoms with E-state index in [-0.39, 0.29) is 29.6 Å². The van der Waals surface area contributed by atoms with E-state index in [4.69, 9.17) is 10.6 Å². The first kappa shape index (κ1) is 25.1. The summed E-state index contributed by atoms with van der Waals surface area (Å²) in [4.78, 5) is 28.0. The molecule has 1 aliphatic heterocycles. The number of aliphatic hydroxyl groups is 1. The third kappa shape index (κ3) is 5.51. The highest BCUT2D eigenvalue weighted by molar-refractivity contribution is 8.15. The Morgan fingerprint density at radius 1 is 1.29 bits per heavy atom. The summed E-state index contributed by atoms with van der Waals surface area (Å²) in [7, 11) is 0. The minimum atomic E-state index is -1.42. The Bertz CT molecular complexity index is 1130. The van der Waals surface area contributed by atoms with E-state index in [1.807, 2.05) is 0 Å². The van der Waals surface area contributed by atoms with Gasteiger partial charge in [-0.1, -0.05) is 42.1 Å². The van der Waals surface area contributed by atoms with Crippen molar-refractivity contribution in [3.05, 3.63) is 71.3 Å². The lowest BCUT2D eigenvalue weighted by Gasteiger charge is -2.36. The molecule has 2 amide bonds. The van der Waals surface area contributed by atoms with Crippen LogP contribution in [0.15, 0.2) is 58.8 Å². The molecular weight excluding hydrogens is 468 g/mol. The Morgan fingerprint density at radius 2 is 2.00 bits per heavy atom. The van der Waals surface area contributed by atoms with Crippen LogP contribution in [0.25, 0.3) is 0 Å². The number of halogens is 2. The Balaban J connectivity index is 2.01. The van der Waals surface area contributed by atoms with Crippen molar-refractivity contribution in [3.8, 4) is 0 Å². The van der Waals surface area contributed by atoms with Crippen molar-refractivity contribution in [3.63, 3.8) is 0 Å². The van der Waals surface area contributed by atoms with Gasteiger partial charge in [0.05, 0.1) is 0 Å². The fraction of sp³-hybridized carbons (Fsp3) is 0.273. The number of hydrogen-bond donors (Lipinski definition) is 3. The quantitative estimate of drug-likeness (QED) is 0.236. The minimum Gasteiger partial charge on any atom is -0.393 e. The number of aliphatic hydroxyl groups excluding tert-OH is 1. The van der Waals surface area contributed by atoms with Gasteiger partial charge >= 0.3 is 0 Å². The number of nitrogens with zero attached hydrogens (tertiary/aromatic N) is 3. The van der Waals surface area contributed by atoms with Gasteiger partial charge in [0.25, 0.3) is 5.91 Å². The molecule has 1 aliphatic rings. The second-order valence-electron chi connectivity index (χ2n) is 7.35. The number of hydrogen-bond acceptors (Lipinski definition) is 7. The molecule has 0 aliphatic carbocycles. The second-order valence-corrected chi connectivity index (χ2v) is 8.61. The fourth-order valence-corrected chi connectivity index (χ4v) is 4.62. The molecule has 2 aromatic carbocycles. The van der Waals surface area contributed by atoms with Crippen LogP contribution in [0.2, 0.25) is 0 Å². The predicted octanol–water partition coefficient (Wildman–Crippen LogP) is 2.21. The third-order valence-corrected chi connectivity index (χ3v) is 6.19. The molecule has 3 rings (SSSR count). The van der Waals surface area contributed by atoms with E-state index in [1.165, 1.54) is 13.8 Å². The molecule has 2 aromatic rings. The molecule has 2 unspecified atom stereocenters. The van der Waals surface area contributed by atoms with Gasteiger partial charge < -0.3 is 15.7 Å². The molecule has 12 heteroatoms. The van der Waals surface area contributed by atoms with Gasteiger partial charge in [0, 0.05) is 18.9 Å². The Labute approximate surface area is 198 Å². The largest absolute Gasteiger partial charge is 0.393 e. The van der Waals surface area contributed by atoms with Gasteiger partial charge in [-0.15, -0.1) is 0 Å². The molecule has 2 atom stereocenters. The van der Waals surface area contributed by atoms with Gasteiger partial charge in [-0.2, -0.15) is 5.10 Å². The molecule has 0 radical (unpaired) electrons. The zero-order valence-electron chi connectivity index (χ0n) is 18.4. The highest BCUT2D eigenvalue weighted by Crippen LogP contribution is 2.50. The van der Waals surface area contributed by atoms with E-state index >= 15 is 0 Å². The normalized spacial score (nSPS) is 18.9. The SMILES string of the molecule is CC(=O)NC(N)=NOCCC1(c2ccccc2)SC(c2cc(F)ccc2F)=NN1C(=O)C(C)O. The van der Waals surface area contributed by atoms with Crippen molar-refractivity contribution in [2.24, 2.45) is 16.0 Å². The third-order valence-electron chi connectivity index (χ3n) is 4.75. The first-order valence-electron chi connectivity index (χ1n) is 10.2. The Kier molecular flexibility index (Phi) is 7.84.